The molecular formula is C12H18N2O2. The van der Waals surface area contributed by atoms with Gasteiger partial charge in [0.2, 0.25) is 0 Å². The summed E-state index contributed by atoms with van der Waals surface area (Å²) in [7, 11) is 0. The van der Waals surface area contributed by atoms with Crippen LogP contribution in [0.4, 0.5) is 0 Å². The molecule has 1 amide bonds. The van der Waals surface area contributed by atoms with Gasteiger partial charge in [0.1, 0.15) is 11.3 Å². The van der Waals surface area contributed by atoms with E-state index in [1.807, 2.05) is 18.7 Å². The molecule has 1 aromatic rings. The monoisotopic (exact) mass is 222 g/mol. The first-order valence-electron chi connectivity index (χ1n) is 5.98. The third-order valence-corrected chi connectivity index (χ3v) is 3.13. The number of likely N-dealkylation sites (tertiary alicyclic amines) is 1. The zero-order valence-corrected chi connectivity index (χ0v) is 9.95. The summed E-state index contributed by atoms with van der Waals surface area (Å²) in [6.45, 7) is 5.53. The van der Waals surface area contributed by atoms with Gasteiger partial charge in [0, 0.05) is 13.1 Å². The summed E-state index contributed by atoms with van der Waals surface area (Å²) in [4.78, 5) is 14.2. The highest BCUT2D eigenvalue weighted by Gasteiger charge is 2.25. The van der Waals surface area contributed by atoms with Gasteiger partial charge >= 0.3 is 0 Å². The molecule has 0 atom stereocenters. The smallest absolute Gasteiger partial charge is 0.259 e. The Labute approximate surface area is 95.6 Å². The van der Waals surface area contributed by atoms with E-state index in [-0.39, 0.29) is 5.91 Å². The van der Waals surface area contributed by atoms with Crippen molar-refractivity contribution in [3.8, 4) is 0 Å². The van der Waals surface area contributed by atoms with Gasteiger partial charge in [0.25, 0.3) is 5.91 Å². The molecule has 0 aromatic carbocycles. The van der Waals surface area contributed by atoms with Gasteiger partial charge in [0.05, 0.1) is 5.69 Å². The molecule has 1 aliphatic heterocycles. The van der Waals surface area contributed by atoms with Crippen molar-refractivity contribution in [3.05, 3.63) is 17.0 Å². The van der Waals surface area contributed by atoms with E-state index in [4.69, 9.17) is 4.52 Å². The summed E-state index contributed by atoms with van der Waals surface area (Å²) in [6.07, 6.45) is 4.19. The normalized spacial score (nSPS) is 16.5. The molecule has 1 aromatic heterocycles. The van der Waals surface area contributed by atoms with Crippen LogP contribution in [0.3, 0.4) is 0 Å². The SMILES string of the molecule is CCc1noc(C)c1C(=O)N1CCCCC1. The molecule has 0 saturated carbocycles. The first-order chi connectivity index (χ1) is 7.74. The number of aromatic nitrogens is 1. The second-order valence-electron chi connectivity index (χ2n) is 4.27. The van der Waals surface area contributed by atoms with Gasteiger partial charge in [-0.2, -0.15) is 0 Å². The number of carbonyl (C=O) groups is 1. The van der Waals surface area contributed by atoms with Crippen molar-refractivity contribution in [1.82, 2.24) is 10.1 Å². The number of amides is 1. The van der Waals surface area contributed by atoms with Crippen LogP contribution in [0.15, 0.2) is 4.52 Å². The minimum absolute atomic E-state index is 0.0929. The third kappa shape index (κ3) is 1.96. The molecule has 0 N–H and O–H groups in total. The van der Waals surface area contributed by atoms with Gasteiger partial charge in [-0.25, -0.2) is 0 Å². The van der Waals surface area contributed by atoms with E-state index in [1.165, 1.54) is 6.42 Å². The number of carbonyl (C=O) groups excluding carboxylic acids is 1. The van der Waals surface area contributed by atoms with E-state index < -0.39 is 0 Å². The van der Waals surface area contributed by atoms with Gasteiger partial charge in [0.15, 0.2) is 0 Å². The van der Waals surface area contributed by atoms with Gasteiger partial charge in [-0.15, -0.1) is 0 Å². The molecule has 2 rings (SSSR count). The van der Waals surface area contributed by atoms with Crippen LogP contribution in [0.5, 0.6) is 0 Å². The van der Waals surface area contributed by atoms with E-state index in [0.29, 0.717) is 11.3 Å². The summed E-state index contributed by atoms with van der Waals surface area (Å²) in [6, 6.07) is 0. The van der Waals surface area contributed by atoms with Crippen LogP contribution in [0.1, 0.15) is 48.0 Å². The standard InChI is InChI=1S/C12H18N2O2/c1-3-10-11(9(2)16-13-10)12(15)14-7-5-4-6-8-14/h3-8H2,1-2H3. The van der Waals surface area contributed by atoms with Crippen molar-refractivity contribution in [2.24, 2.45) is 0 Å². The molecule has 0 bridgehead atoms. The fourth-order valence-corrected chi connectivity index (χ4v) is 2.19. The summed E-state index contributed by atoms with van der Waals surface area (Å²) < 4.78 is 5.10. The second-order valence-corrected chi connectivity index (χ2v) is 4.27. The molecule has 0 aliphatic carbocycles. The lowest BCUT2D eigenvalue weighted by Crippen LogP contribution is -2.36. The molecular weight excluding hydrogens is 204 g/mol. The Morgan fingerprint density at radius 1 is 1.38 bits per heavy atom. The number of hydrogen-bond donors (Lipinski definition) is 0. The lowest BCUT2D eigenvalue weighted by atomic mass is 10.1. The number of aryl methyl sites for hydroxylation is 2. The van der Waals surface area contributed by atoms with Gasteiger partial charge in [-0.05, 0) is 32.6 Å². The van der Waals surface area contributed by atoms with E-state index in [1.54, 1.807) is 0 Å². The Bertz CT molecular complexity index is 378. The fraction of sp³-hybridized carbons (Fsp3) is 0.667. The molecule has 4 heteroatoms. The highest BCUT2D eigenvalue weighted by molar-refractivity contribution is 5.96. The minimum Gasteiger partial charge on any atom is -0.361 e. The van der Waals surface area contributed by atoms with Crippen molar-refractivity contribution in [3.63, 3.8) is 0 Å². The van der Waals surface area contributed by atoms with Gasteiger partial charge in [-0.1, -0.05) is 12.1 Å². The van der Waals surface area contributed by atoms with E-state index in [9.17, 15) is 4.79 Å². The number of piperidine rings is 1. The molecule has 88 valence electrons. The summed E-state index contributed by atoms with van der Waals surface area (Å²) in [5.41, 5.74) is 1.47. The molecule has 1 aliphatic rings. The molecule has 1 fully saturated rings. The van der Waals surface area contributed by atoms with Crippen LogP contribution < -0.4 is 0 Å². The van der Waals surface area contributed by atoms with E-state index >= 15 is 0 Å². The second kappa shape index (κ2) is 4.68. The number of hydrogen-bond acceptors (Lipinski definition) is 3. The molecule has 4 nitrogen and oxygen atoms in total. The molecule has 1 saturated heterocycles. The highest BCUT2D eigenvalue weighted by Crippen LogP contribution is 2.19. The van der Waals surface area contributed by atoms with Crippen LogP contribution in [0, 0.1) is 6.92 Å². The number of rotatable bonds is 2. The van der Waals surface area contributed by atoms with Crippen molar-refractivity contribution in [2.75, 3.05) is 13.1 Å². The van der Waals surface area contributed by atoms with Gasteiger partial charge < -0.3 is 9.42 Å². The first-order valence-corrected chi connectivity index (χ1v) is 5.98. The van der Waals surface area contributed by atoms with Crippen LogP contribution >= 0.6 is 0 Å². The molecule has 16 heavy (non-hydrogen) atoms. The largest absolute Gasteiger partial charge is 0.361 e. The Morgan fingerprint density at radius 2 is 2.06 bits per heavy atom. The maximum absolute atomic E-state index is 12.3. The van der Waals surface area contributed by atoms with Crippen molar-refractivity contribution in [2.45, 2.75) is 39.5 Å². The van der Waals surface area contributed by atoms with Crippen LogP contribution in [0.25, 0.3) is 0 Å². The Hall–Kier alpha value is -1.32. The highest BCUT2D eigenvalue weighted by atomic mass is 16.5. The Balaban J connectivity index is 2.21. The predicted octanol–water partition coefficient (Wildman–Crippen LogP) is 2.17. The lowest BCUT2D eigenvalue weighted by Gasteiger charge is -2.26. The van der Waals surface area contributed by atoms with Crippen molar-refractivity contribution < 1.29 is 9.32 Å². The molecule has 0 spiro atoms. The average Bonchev–Trinajstić information content (AvgIpc) is 2.70. The maximum Gasteiger partial charge on any atom is 0.259 e. The fourth-order valence-electron chi connectivity index (χ4n) is 2.19. The minimum atomic E-state index is 0.0929. The zero-order chi connectivity index (χ0) is 11.5. The molecule has 0 unspecified atom stereocenters. The van der Waals surface area contributed by atoms with Gasteiger partial charge in [-0.3, -0.25) is 4.79 Å². The van der Waals surface area contributed by atoms with Crippen molar-refractivity contribution in [1.29, 1.82) is 0 Å². The Morgan fingerprint density at radius 3 is 2.69 bits per heavy atom. The first kappa shape index (κ1) is 11.2. The molecule has 2 heterocycles. The summed E-state index contributed by atoms with van der Waals surface area (Å²) in [5.74, 6) is 0.739. The van der Waals surface area contributed by atoms with Crippen LogP contribution in [-0.4, -0.2) is 29.1 Å². The third-order valence-electron chi connectivity index (χ3n) is 3.13. The summed E-state index contributed by atoms with van der Waals surface area (Å²) >= 11 is 0. The topological polar surface area (TPSA) is 46.3 Å². The maximum atomic E-state index is 12.3. The van der Waals surface area contributed by atoms with Crippen molar-refractivity contribution >= 4 is 5.91 Å². The number of nitrogens with zero attached hydrogens (tertiary/aromatic N) is 2. The zero-order valence-electron chi connectivity index (χ0n) is 9.95. The molecule has 0 radical (unpaired) electrons. The lowest BCUT2D eigenvalue weighted by molar-refractivity contribution is 0.0721. The summed E-state index contributed by atoms with van der Waals surface area (Å²) in [5, 5.41) is 3.93. The van der Waals surface area contributed by atoms with E-state index in [2.05, 4.69) is 5.16 Å². The Kier molecular flexibility index (Phi) is 3.27. The average molecular weight is 222 g/mol. The van der Waals surface area contributed by atoms with Crippen LogP contribution in [0.2, 0.25) is 0 Å². The van der Waals surface area contributed by atoms with Crippen LogP contribution in [-0.2, 0) is 6.42 Å². The quantitative estimate of drug-likeness (QED) is 0.770. The van der Waals surface area contributed by atoms with E-state index in [0.717, 1.165) is 38.0 Å². The predicted molar refractivity (Wildman–Crippen MR) is 60.4 cm³/mol.